The number of benzene rings is 3. The molecule has 1 aliphatic heterocycles. The van der Waals surface area contributed by atoms with Gasteiger partial charge in [-0.25, -0.2) is 0 Å². The topological polar surface area (TPSA) is 103 Å². The van der Waals surface area contributed by atoms with Crippen LogP contribution in [0, 0.1) is 0 Å². The van der Waals surface area contributed by atoms with Crippen LogP contribution in [0.1, 0.15) is 17.2 Å². The number of rotatable bonds is 6. The summed E-state index contributed by atoms with van der Waals surface area (Å²) >= 11 is 12.7. The highest BCUT2D eigenvalue weighted by Crippen LogP contribution is 2.41. The zero-order valence-electron chi connectivity index (χ0n) is 19.0. The third-order valence-corrected chi connectivity index (χ3v) is 6.06. The average Bonchev–Trinajstić information content (AvgIpc) is 2.97. The summed E-state index contributed by atoms with van der Waals surface area (Å²) < 4.78 is 16.5. The van der Waals surface area contributed by atoms with Gasteiger partial charge in [-0.05, 0) is 48.5 Å². The number of nitrogen functional groups attached to an aromatic ring is 1. The second kappa shape index (κ2) is 10.3. The molecule has 0 aliphatic carbocycles. The molecule has 182 valence electrons. The Bertz CT molecular complexity index is 1270. The lowest BCUT2D eigenvalue weighted by molar-refractivity contribution is -0.140. The van der Waals surface area contributed by atoms with E-state index in [4.69, 9.17) is 43.1 Å². The molecule has 1 aliphatic rings. The molecule has 0 fully saturated rings. The Morgan fingerprint density at radius 3 is 2.54 bits per heavy atom. The number of carbonyl (C=O) groups excluding carboxylic acids is 2. The van der Waals surface area contributed by atoms with Gasteiger partial charge in [0.05, 0.1) is 25.8 Å². The summed E-state index contributed by atoms with van der Waals surface area (Å²) in [7, 11) is 3.07. The molecule has 10 heteroatoms. The molecule has 1 atom stereocenters. The van der Waals surface area contributed by atoms with Gasteiger partial charge in [0.2, 0.25) is 0 Å². The molecule has 1 heterocycles. The van der Waals surface area contributed by atoms with Crippen LogP contribution in [0.3, 0.4) is 0 Å². The van der Waals surface area contributed by atoms with Crippen LogP contribution < -0.4 is 25.3 Å². The van der Waals surface area contributed by atoms with Crippen LogP contribution in [0.5, 0.6) is 17.2 Å². The predicted molar refractivity (Wildman–Crippen MR) is 134 cm³/mol. The number of nitrogens with one attached hydrogen (secondary N) is 1. The van der Waals surface area contributed by atoms with E-state index < -0.39 is 17.9 Å². The largest absolute Gasteiger partial charge is 0.497 e. The molecule has 4 rings (SSSR count). The lowest BCUT2D eigenvalue weighted by Crippen LogP contribution is -2.41. The van der Waals surface area contributed by atoms with E-state index in [1.807, 2.05) is 0 Å². The number of methoxy groups -OCH3 is 2. The lowest BCUT2D eigenvalue weighted by atomic mass is 10.0. The second-order valence-electron chi connectivity index (χ2n) is 7.81. The molecule has 0 bridgehead atoms. The molecule has 0 spiro atoms. The molecular formula is C25H23Cl2N3O5. The van der Waals surface area contributed by atoms with Crippen molar-refractivity contribution in [3.05, 3.63) is 75.8 Å². The molecule has 2 amide bonds. The molecule has 3 N–H and O–H groups in total. The Labute approximate surface area is 212 Å². The SMILES string of the molecule is COc1ccc(CN2C(=O)COc3c(Cl)cc(Cl)cc3C2C(=O)Nc2ccc(N)cc2)c(OC)c1. The van der Waals surface area contributed by atoms with Crippen LogP contribution in [0.2, 0.25) is 10.0 Å². The van der Waals surface area contributed by atoms with E-state index in [1.54, 1.807) is 55.6 Å². The second-order valence-corrected chi connectivity index (χ2v) is 8.65. The minimum Gasteiger partial charge on any atom is -0.497 e. The van der Waals surface area contributed by atoms with Crippen molar-refractivity contribution in [3.63, 3.8) is 0 Å². The van der Waals surface area contributed by atoms with E-state index in [-0.39, 0.29) is 23.9 Å². The fraction of sp³-hybridized carbons (Fsp3) is 0.200. The van der Waals surface area contributed by atoms with Crippen LogP contribution in [0.25, 0.3) is 0 Å². The Hall–Kier alpha value is -3.62. The number of fused-ring (bicyclic) bond motifs is 1. The maximum absolute atomic E-state index is 13.7. The van der Waals surface area contributed by atoms with Crippen molar-refractivity contribution >= 4 is 46.4 Å². The monoisotopic (exact) mass is 515 g/mol. The van der Waals surface area contributed by atoms with Gasteiger partial charge in [0, 0.05) is 33.6 Å². The lowest BCUT2D eigenvalue weighted by Gasteiger charge is -2.30. The smallest absolute Gasteiger partial charge is 0.261 e. The number of nitrogens with zero attached hydrogens (tertiary/aromatic N) is 1. The molecule has 1 unspecified atom stereocenters. The van der Waals surface area contributed by atoms with Gasteiger partial charge in [-0.2, -0.15) is 0 Å². The number of nitrogens with two attached hydrogens (primary N) is 1. The summed E-state index contributed by atoms with van der Waals surface area (Å²) in [6, 6.07) is 13.9. The number of anilines is 2. The Balaban J connectivity index is 1.79. The van der Waals surface area contributed by atoms with Gasteiger partial charge in [0.1, 0.15) is 23.3 Å². The molecule has 3 aromatic rings. The summed E-state index contributed by atoms with van der Waals surface area (Å²) in [5, 5.41) is 3.36. The average molecular weight is 516 g/mol. The first-order valence-corrected chi connectivity index (χ1v) is 11.3. The predicted octanol–water partition coefficient (Wildman–Crippen LogP) is 4.69. The normalized spacial score (nSPS) is 15.0. The van der Waals surface area contributed by atoms with Crippen molar-refractivity contribution in [1.82, 2.24) is 4.90 Å². The van der Waals surface area contributed by atoms with Crippen LogP contribution in [-0.4, -0.2) is 37.5 Å². The standard InChI is InChI=1S/C25H23Cl2N3O5/c1-33-18-8-3-14(21(11-18)34-2)12-30-22(31)13-35-24-19(9-15(26)10-20(24)27)23(30)25(32)29-17-6-4-16(28)5-7-17/h3-11,23H,12-13,28H2,1-2H3,(H,29,32). The van der Waals surface area contributed by atoms with Gasteiger partial charge in [0.25, 0.3) is 11.8 Å². The van der Waals surface area contributed by atoms with Crippen molar-refractivity contribution in [2.45, 2.75) is 12.6 Å². The molecule has 0 radical (unpaired) electrons. The van der Waals surface area contributed by atoms with E-state index >= 15 is 0 Å². The third-order valence-electron chi connectivity index (χ3n) is 5.57. The quantitative estimate of drug-likeness (QED) is 0.461. The van der Waals surface area contributed by atoms with Crippen LogP contribution >= 0.6 is 23.2 Å². The molecule has 3 aromatic carbocycles. The van der Waals surface area contributed by atoms with Crippen LogP contribution in [0.4, 0.5) is 11.4 Å². The van der Waals surface area contributed by atoms with Gasteiger partial charge < -0.3 is 30.2 Å². The fourth-order valence-corrected chi connectivity index (χ4v) is 4.43. The van der Waals surface area contributed by atoms with Gasteiger partial charge in [-0.15, -0.1) is 0 Å². The van der Waals surface area contributed by atoms with Crippen molar-refractivity contribution in [2.75, 3.05) is 31.9 Å². The number of hydrogen-bond acceptors (Lipinski definition) is 6. The summed E-state index contributed by atoms with van der Waals surface area (Å²) in [4.78, 5) is 28.4. The Kier molecular flexibility index (Phi) is 7.23. The van der Waals surface area contributed by atoms with E-state index in [1.165, 1.54) is 18.1 Å². The van der Waals surface area contributed by atoms with Crippen molar-refractivity contribution in [2.24, 2.45) is 0 Å². The number of amides is 2. The maximum Gasteiger partial charge on any atom is 0.261 e. The number of hydrogen-bond donors (Lipinski definition) is 2. The van der Waals surface area contributed by atoms with Crippen LogP contribution in [0.15, 0.2) is 54.6 Å². The molecular weight excluding hydrogens is 493 g/mol. The van der Waals surface area contributed by atoms with Gasteiger partial charge in [-0.3, -0.25) is 9.59 Å². The molecule has 0 saturated heterocycles. The minimum absolute atomic E-state index is 0.0543. The Morgan fingerprint density at radius 1 is 1.11 bits per heavy atom. The first kappa shape index (κ1) is 24.5. The first-order chi connectivity index (χ1) is 16.8. The summed E-state index contributed by atoms with van der Waals surface area (Å²) in [5.41, 5.74) is 7.86. The maximum atomic E-state index is 13.7. The highest BCUT2D eigenvalue weighted by molar-refractivity contribution is 6.35. The van der Waals surface area contributed by atoms with E-state index in [0.29, 0.717) is 39.0 Å². The zero-order valence-corrected chi connectivity index (χ0v) is 20.5. The van der Waals surface area contributed by atoms with E-state index in [0.717, 1.165) is 0 Å². The number of carbonyl (C=O) groups is 2. The zero-order chi connectivity index (χ0) is 25.1. The Morgan fingerprint density at radius 2 is 1.86 bits per heavy atom. The first-order valence-electron chi connectivity index (χ1n) is 10.6. The summed E-state index contributed by atoms with van der Waals surface area (Å²) in [6.07, 6.45) is 0. The molecule has 0 aromatic heterocycles. The third kappa shape index (κ3) is 5.23. The highest BCUT2D eigenvalue weighted by Gasteiger charge is 2.38. The van der Waals surface area contributed by atoms with Crippen molar-refractivity contribution < 1.29 is 23.8 Å². The highest BCUT2D eigenvalue weighted by atomic mass is 35.5. The van der Waals surface area contributed by atoms with Crippen LogP contribution in [-0.2, 0) is 16.1 Å². The van der Waals surface area contributed by atoms with Crippen molar-refractivity contribution in [3.8, 4) is 17.2 Å². The van der Waals surface area contributed by atoms with Gasteiger partial charge >= 0.3 is 0 Å². The number of ether oxygens (including phenoxy) is 3. The van der Waals surface area contributed by atoms with E-state index in [2.05, 4.69) is 5.32 Å². The van der Waals surface area contributed by atoms with Gasteiger partial charge in [-0.1, -0.05) is 23.2 Å². The fourth-order valence-electron chi connectivity index (χ4n) is 3.87. The van der Waals surface area contributed by atoms with Crippen molar-refractivity contribution in [1.29, 1.82) is 0 Å². The van der Waals surface area contributed by atoms with Gasteiger partial charge in [0.15, 0.2) is 6.61 Å². The van der Waals surface area contributed by atoms with E-state index in [9.17, 15) is 9.59 Å². The minimum atomic E-state index is -1.10. The molecule has 35 heavy (non-hydrogen) atoms. The summed E-state index contributed by atoms with van der Waals surface area (Å²) in [6.45, 7) is -0.253. The number of halogens is 2. The molecule has 8 nitrogen and oxygen atoms in total. The summed E-state index contributed by atoms with van der Waals surface area (Å²) in [5.74, 6) is 0.442. The molecule has 0 saturated carbocycles.